The van der Waals surface area contributed by atoms with Gasteiger partial charge in [-0.15, -0.1) is 0 Å². The molecule has 8 heteroatoms. The molecule has 0 saturated carbocycles. The maximum absolute atomic E-state index is 12.3. The van der Waals surface area contributed by atoms with Crippen molar-refractivity contribution in [2.45, 2.75) is 12.7 Å². The molecular formula is C18H14BrF3N2O2. The van der Waals surface area contributed by atoms with Crippen molar-refractivity contribution in [1.82, 2.24) is 5.32 Å². The summed E-state index contributed by atoms with van der Waals surface area (Å²) >= 11 is 3.36. The molecule has 0 fully saturated rings. The minimum Gasteiger partial charge on any atom is -0.344 e. The summed E-state index contributed by atoms with van der Waals surface area (Å²) in [6, 6.07) is 13.6. The minimum absolute atomic E-state index is 0.316. The lowest BCUT2D eigenvalue weighted by Crippen LogP contribution is -2.36. The highest BCUT2D eigenvalue weighted by atomic mass is 79.9. The molecule has 2 aromatic rings. The average Bonchev–Trinajstić information content (AvgIpc) is 2.59. The molecule has 0 saturated heterocycles. The van der Waals surface area contributed by atoms with E-state index in [1.165, 1.54) is 12.1 Å². The summed E-state index contributed by atoms with van der Waals surface area (Å²) < 4.78 is 37.6. The SMILES string of the molecule is O=C(/C=C/c1ccccc1Br)Nc1ccccc1CNC(=O)C(F)(F)F. The van der Waals surface area contributed by atoms with Crippen molar-refractivity contribution < 1.29 is 22.8 Å². The first-order valence-corrected chi connectivity index (χ1v) is 8.23. The topological polar surface area (TPSA) is 58.2 Å². The zero-order valence-corrected chi connectivity index (χ0v) is 14.9. The molecule has 0 aliphatic carbocycles. The molecule has 0 aliphatic rings. The van der Waals surface area contributed by atoms with Gasteiger partial charge in [0.1, 0.15) is 0 Å². The van der Waals surface area contributed by atoms with Crippen LogP contribution in [0.2, 0.25) is 0 Å². The van der Waals surface area contributed by atoms with E-state index in [1.807, 2.05) is 24.3 Å². The number of hydrogen-bond donors (Lipinski definition) is 2. The van der Waals surface area contributed by atoms with Crippen molar-refractivity contribution >= 4 is 39.5 Å². The second kappa shape index (κ2) is 8.66. The molecule has 26 heavy (non-hydrogen) atoms. The van der Waals surface area contributed by atoms with Crippen LogP contribution < -0.4 is 10.6 Å². The van der Waals surface area contributed by atoms with Crippen LogP contribution in [-0.2, 0) is 16.1 Å². The van der Waals surface area contributed by atoms with Crippen LogP contribution in [0.25, 0.3) is 6.08 Å². The molecule has 0 spiro atoms. The highest BCUT2D eigenvalue weighted by Crippen LogP contribution is 2.19. The van der Waals surface area contributed by atoms with Crippen LogP contribution in [0.5, 0.6) is 0 Å². The molecule has 136 valence electrons. The van der Waals surface area contributed by atoms with Gasteiger partial charge in [-0.2, -0.15) is 13.2 Å². The number of hydrogen-bond acceptors (Lipinski definition) is 2. The monoisotopic (exact) mass is 426 g/mol. The van der Waals surface area contributed by atoms with E-state index in [2.05, 4.69) is 21.2 Å². The number of halogens is 4. The third-order valence-corrected chi connectivity index (χ3v) is 4.01. The van der Waals surface area contributed by atoms with Gasteiger partial charge in [-0.1, -0.05) is 52.3 Å². The van der Waals surface area contributed by atoms with Crippen LogP contribution in [0.15, 0.2) is 59.1 Å². The summed E-state index contributed by atoms with van der Waals surface area (Å²) in [7, 11) is 0. The maximum atomic E-state index is 12.3. The van der Waals surface area contributed by atoms with Gasteiger partial charge in [0.05, 0.1) is 0 Å². The summed E-state index contributed by atoms with van der Waals surface area (Å²) in [5, 5.41) is 4.37. The predicted octanol–water partition coefficient (Wildman–Crippen LogP) is 4.28. The fourth-order valence-corrected chi connectivity index (χ4v) is 2.44. The Kier molecular flexibility index (Phi) is 6.57. The minimum atomic E-state index is -4.95. The fourth-order valence-electron chi connectivity index (χ4n) is 2.02. The third-order valence-electron chi connectivity index (χ3n) is 3.29. The Bertz CT molecular complexity index is 835. The van der Waals surface area contributed by atoms with Crippen molar-refractivity contribution in [3.63, 3.8) is 0 Å². The lowest BCUT2D eigenvalue weighted by Gasteiger charge is -2.12. The van der Waals surface area contributed by atoms with Crippen molar-refractivity contribution in [1.29, 1.82) is 0 Å². The van der Waals surface area contributed by atoms with Crippen LogP contribution in [0, 0.1) is 0 Å². The zero-order valence-electron chi connectivity index (χ0n) is 13.3. The number of carbonyl (C=O) groups is 2. The molecule has 0 radical (unpaired) electrons. The van der Waals surface area contributed by atoms with Crippen LogP contribution in [0.3, 0.4) is 0 Å². The first-order chi connectivity index (χ1) is 12.3. The Labute approximate surface area is 156 Å². The number of rotatable bonds is 5. The van der Waals surface area contributed by atoms with Crippen LogP contribution in [0.1, 0.15) is 11.1 Å². The third kappa shape index (κ3) is 5.73. The maximum Gasteiger partial charge on any atom is 0.471 e. The smallest absolute Gasteiger partial charge is 0.344 e. The van der Waals surface area contributed by atoms with Gasteiger partial charge in [-0.25, -0.2) is 0 Å². The molecule has 0 bridgehead atoms. The Morgan fingerprint density at radius 3 is 2.38 bits per heavy atom. The number of carbonyl (C=O) groups excluding carboxylic acids is 2. The van der Waals surface area contributed by atoms with E-state index in [0.29, 0.717) is 11.3 Å². The molecule has 0 unspecified atom stereocenters. The summed E-state index contributed by atoms with van der Waals surface area (Å²) in [5.41, 5.74) is 1.47. The van der Waals surface area contributed by atoms with Gasteiger partial charge >= 0.3 is 12.1 Å². The van der Waals surface area contributed by atoms with Gasteiger partial charge in [-0.3, -0.25) is 9.59 Å². The Morgan fingerprint density at radius 1 is 1.04 bits per heavy atom. The Morgan fingerprint density at radius 2 is 1.69 bits per heavy atom. The molecule has 2 N–H and O–H groups in total. The van der Waals surface area contributed by atoms with E-state index in [9.17, 15) is 22.8 Å². The molecule has 4 nitrogen and oxygen atoms in total. The van der Waals surface area contributed by atoms with E-state index in [4.69, 9.17) is 0 Å². The quantitative estimate of drug-likeness (QED) is 0.701. The highest BCUT2D eigenvalue weighted by Gasteiger charge is 2.38. The van der Waals surface area contributed by atoms with Gasteiger partial charge in [0.25, 0.3) is 0 Å². The number of para-hydroxylation sites is 1. The van der Waals surface area contributed by atoms with E-state index in [0.717, 1.165) is 10.0 Å². The normalized spacial score (nSPS) is 11.4. The summed E-state index contributed by atoms with van der Waals surface area (Å²) in [5.74, 6) is -2.48. The van der Waals surface area contributed by atoms with E-state index in [-0.39, 0.29) is 6.54 Å². The molecule has 2 aromatic carbocycles. The number of alkyl halides is 3. The van der Waals surface area contributed by atoms with Crippen LogP contribution in [-0.4, -0.2) is 18.0 Å². The van der Waals surface area contributed by atoms with E-state index >= 15 is 0 Å². The molecule has 2 amide bonds. The standard InChI is InChI=1S/C18H14BrF3N2O2/c19-14-7-3-1-5-12(14)9-10-16(25)24-15-8-4-2-6-13(15)11-23-17(26)18(20,21)22/h1-10H,11H2,(H,23,26)(H,24,25)/b10-9+. The molecular weight excluding hydrogens is 413 g/mol. The Balaban J connectivity index is 2.04. The van der Waals surface area contributed by atoms with Gasteiger partial charge < -0.3 is 10.6 Å². The summed E-state index contributed by atoms with van der Waals surface area (Å²) in [6.45, 7) is -0.358. The van der Waals surface area contributed by atoms with Crippen molar-refractivity contribution in [3.05, 3.63) is 70.2 Å². The second-order valence-corrected chi connectivity index (χ2v) is 6.04. The summed E-state index contributed by atoms with van der Waals surface area (Å²) in [6.07, 6.45) is -2.04. The largest absolute Gasteiger partial charge is 0.471 e. The van der Waals surface area contributed by atoms with Crippen LogP contribution >= 0.6 is 15.9 Å². The fraction of sp³-hybridized carbons (Fsp3) is 0.111. The lowest BCUT2D eigenvalue weighted by atomic mass is 10.1. The highest BCUT2D eigenvalue weighted by molar-refractivity contribution is 9.10. The van der Waals surface area contributed by atoms with Gasteiger partial charge in [0, 0.05) is 22.8 Å². The van der Waals surface area contributed by atoms with E-state index in [1.54, 1.807) is 29.6 Å². The molecule has 0 aliphatic heterocycles. The first-order valence-electron chi connectivity index (χ1n) is 7.44. The Hall–Kier alpha value is -2.61. The van der Waals surface area contributed by atoms with Crippen LogP contribution in [0.4, 0.5) is 18.9 Å². The zero-order chi connectivity index (χ0) is 19.2. The summed E-state index contributed by atoms with van der Waals surface area (Å²) in [4.78, 5) is 23.0. The molecule has 0 heterocycles. The van der Waals surface area contributed by atoms with E-state index < -0.39 is 18.0 Å². The van der Waals surface area contributed by atoms with Crippen molar-refractivity contribution in [2.75, 3.05) is 5.32 Å². The van der Waals surface area contributed by atoms with Gasteiger partial charge in [0.15, 0.2) is 0 Å². The number of nitrogens with one attached hydrogen (secondary N) is 2. The molecule has 0 atom stereocenters. The number of anilines is 1. The van der Waals surface area contributed by atoms with Gasteiger partial charge in [0.2, 0.25) is 5.91 Å². The second-order valence-electron chi connectivity index (χ2n) is 5.18. The molecule has 0 aromatic heterocycles. The molecule has 2 rings (SSSR count). The van der Waals surface area contributed by atoms with Crippen molar-refractivity contribution in [2.24, 2.45) is 0 Å². The first kappa shape index (κ1) is 19.7. The predicted molar refractivity (Wildman–Crippen MR) is 96.1 cm³/mol. The van der Waals surface area contributed by atoms with Crippen molar-refractivity contribution in [3.8, 4) is 0 Å². The number of amides is 2. The number of benzene rings is 2. The van der Waals surface area contributed by atoms with Gasteiger partial charge in [-0.05, 0) is 29.3 Å². The average molecular weight is 427 g/mol. The lowest BCUT2D eigenvalue weighted by molar-refractivity contribution is -0.173.